The summed E-state index contributed by atoms with van der Waals surface area (Å²) in [6, 6.07) is 9.15. The summed E-state index contributed by atoms with van der Waals surface area (Å²) < 4.78 is 5.13. The van der Waals surface area contributed by atoms with Crippen molar-refractivity contribution >= 4 is 29.1 Å². The number of benzene rings is 2. The van der Waals surface area contributed by atoms with Gasteiger partial charge in [-0.3, -0.25) is 29.8 Å². The summed E-state index contributed by atoms with van der Waals surface area (Å²) in [4.78, 5) is 48.1. The van der Waals surface area contributed by atoms with Gasteiger partial charge in [-0.25, -0.2) is 0 Å². The smallest absolute Gasteiger partial charge is 0.305 e. The van der Waals surface area contributed by atoms with Crippen LogP contribution in [0.25, 0.3) is 0 Å². The molecule has 9 heteroatoms. The Hall–Kier alpha value is -3.75. The maximum atomic E-state index is 12.6. The number of nitrogens with one attached hydrogen (secondary N) is 2. The molecule has 0 saturated carbocycles. The van der Waals surface area contributed by atoms with Crippen LogP contribution in [0.15, 0.2) is 36.4 Å². The number of nitro groups is 1. The van der Waals surface area contributed by atoms with E-state index in [-0.39, 0.29) is 22.4 Å². The first-order valence-electron chi connectivity index (χ1n) is 8.30. The molecule has 0 radical (unpaired) electrons. The Bertz CT molecular complexity index is 1030. The van der Waals surface area contributed by atoms with Crippen LogP contribution < -0.4 is 15.4 Å². The molecule has 0 unspecified atom stereocenters. The Morgan fingerprint density at radius 1 is 1.18 bits per heavy atom. The SMILES string of the molecule is COc1ccccc1C(=O)Nc1ccc2c(c1[N+](=O)[O-])C(=O)NC(=O)C2(C)C. The number of carbonyl (C=O) groups excluding carboxylic acids is 3. The number of fused-ring (bicyclic) bond motifs is 1. The van der Waals surface area contributed by atoms with Crippen molar-refractivity contribution in [1.29, 1.82) is 0 Å². The first-order valence-corrected chi connectivity index (χ1v) is 8.30. The van der Waals surface area contributed by atoms with Crippen LogP contribution in [0.2, 0.25) is 0 Å². The van der Waals surface area contributed by atoms with E-state index in [1.165, 1.54) is 25.3 Å². The fourth-order valence-corrected chi connectivity index (χ4v) is 3.10. The lowest BCUT2D eigenvalue weighted by atomic mass is 9.77. The normalized spacial score (nSPS) is 14.7. The third-order valence-corrected chi connectivity index (χ3v) is 4.66. The number of para-hydroxylation sites is 1. The molecule has 0 bridgehead atoms. The highest BCUT2D eigenvalue weighted by molar-refractivity contribution is 6.17. The molecule has 2 aromatic carbocycles. The lowest BCUT2D eigenvalue weighted by Gasteiger charge is -2.30. The van der Waals surface area contributed by atoms with Gasteiger partial charge in [0, 0.05) is 0 Å². The van der Waals surface area contributed by atoms with E-state index in [9.17, 15) is 24.5 Å². The van der Waals surface area contributed by atoms with Crippen molar-refractivity contribution in [3.8, 4) is 5.75 Å². The largest absolute Gasteiger partial charge is 0.496 e. The minimum Gasteiger partial charge on any atom is -0.496 e. The molecule has 0 atom stereocenters. The van der Waals surface area contributed by atoms with Crippen LogP contribution in [0.1, 0.15) is 40.1 Å². The number of nitrogens with zero attached hydrogens (tertiary/aromatic N) is 1. The third kappa shape index (κ3) is 2.96. The van der Waals surface area contributed by atoms with Crippen LogP contribution >= 0.6 is 0 Å². The van der Waals surface area contributed by atoms with E-state index < -0.39 is 33.7 Å². The number of amides is 3. The molecule has 1 heterocycles. The molecule has 1 aliphatic rings. The van der Waals surface area contributed by atoms with Gasteiger partial charge in [-0.05, 0) is 37.6 Å². The van der Waals surface area contributed by atoms with E-state index in [0.29, 0.717) is 5.75 Å². The molecule has 1 aliphatic heterocycles. The van der Waals surface area contributed by atoms with Gasteiger partial charge in [0.15, 0.2) is 0 Å². The van der Waals surface area contributed by atoms with E-state index >= 15 is 0 Å². The fourth-order valence-electron chi connectivity index (χ4n) is 3.10. The molecule has 0 saturated heterocycles. The number of hydrogen-bond donors (Lipinski definition) is 2. The second-order valence-corrected chi connectivity index (χ2v) is 6.70. The van der Waals surface area contributed by atoms with Crippen LogP contribution in [-0.4, -0.2) is 29.8 Å². The topological polar surface area (TPSA) is 128 Å². The van der Waals surface area contributed by atoms with E-state index in [2.05, 4.69) is 10.6 Å². The Kier molecular flexibility index (Phi) is 4.60. The molecular formula is C19H17N3O6. The number of carbonyl (C=O) groups is 3. The molecule has 0 spiro atoms. The van der Waals surface area contributed by atoms with Gasteiger partial charge in [-0.2, -0.15) is 0 Å². The number of nitro benzene ring substituents is 1. The summed E-state index contributed by atoms with van der Waals surface area (Å²) in [7, 11) is 1.40. The molecular weight excluding hydrogens is 366 g/mol. The summed E-state index contributed by atoms with van der Waals surface area (Å²) in [6.07, 6.45) is 0. The Balaban J connectivity index is 2.12. The summed E-state index contributed by atoms with van der Waals surface area (Å²) in [5, 5.41) is 16.3. The zero-order valence-corrected chi connectivity index (χ0v) is 15.4. The zero-order chi connectivity index (χ0) is 20.6. The molecule has 9 nitrogen and oxygen atoms in total. The van der Waals surface area contributed by atoms with Crippen molar-refractivity contribution in [3.63, 3.8) is 0 Å². The molecule has 3 rings (SSSR count). The monoisotopic (exact) mass is 383 g/mol. The van der Waals surface area contributed by atoms with Crippen molar-refractivity contribution in [2.75, 3.05) is 12.4 Å². The average molecular weight is 383 g/mol. The quantitative estimate of drug-likeness (QED) is 0.474. The van der Waals surface area contributed by atoms with Gasteiger partial charge in [0.25, 0.3) is 11.8 Å². The van der Waals surface area contributed by atoms with Crippen molar-refractivity contribution in [2.24, 2.45) is 0 Å². The first kappa shape index (κ1) is 19.0. The maximum absolute atomic E-state index is 12.6. The van der Waals surface area contributed by atoms with Gasteiger partial charge >= 0.3 is 5.69 Å². The van der Waals surface area contributed by atoms with Crippen LogP contribution in [-0.2, 0) is 10.2 Å². The lowest BCUT2D eigenvalue weighted by molar-refractivity contribution is -0.384. The van der Waals surface area contributed by atoms with E-state index in [0.717, 1.165) is 0 Å². The third-order valence-electron chi connectivity index (χ3n) is 4.66. The van der Waals surface area contributed by atoms with Gasteiger partial charge in [-0.15, -0.1) is 0 Å². The zero-order valence-electron chi connectivity index (χ0n) is 15.4. The standard InChI is InChI=1S/C19H17N3O6/c1-19(2)11-8-9-12(15(22(26)27)14(11)17(24)21-18(19)25)20-16(23)10-6-4-5-7-13(10)28-3/h4-9H,1-3H3,(H,20,23)(H,21,24,25). The molecule has 0 aromatic heterocycles. The van der Waals surface area contributed by atoms with Crippen LogP contribution in [0.5, 0.6) is 5.75 Å². The molecule has 28 heavy (non-hydrogen) atoms. The minimum atomic E-state index is -1.14. The van der Waals surface area contributed by atoms with Gasteiger partial charge in [0.05, 0.1) is 23.0 Å². The minimum absolute atomic E-state index is 0.153. The van der Waals surface area contributed by atoms with E-state index in [1.807, 2.05) is 0 Å². The summed E-state index contributed by atoms with van der Waals surface area (Å²) in [5.41, 5.74) is -1.70. The first-order chi connectivity index (χ1) is 13.2. The lowest BCUT2D eigenvalue weighted by Crippen LogP contribution is -2.49. The van der Waals surface area contributed by atoms with Gasteiger partial charge in [0.1, 0.15) is 17.0 Å². The molecule has 2 N–H and O–H groups in total. The molecule has 144 valence electrons. The number of ether oxygens (including phenoxy) is 1. The highest BCUT2D eigenvalue weighted by Gasteiger charge is 2.44. The predicted molar refractivity (Wildman–Crippen MR) is 99.5 cm³/mol. The number of rotatable bonds is 4. The van der Waals surface area contributed by atoms with Gasteiger partial charge in [0.2, 0.25) is 5.91 Å². The van der Waals surface area contributed by atoms with Crippen molar-refractivity contribution in [1.82, 2.24) is 5.32 Å². The highest BCUT2D eigenvalue weighted by atomic mass is 16.6. The van der Waals surface area contributed by atoms with E-state index in [1.54, 1.807) is 32.0 Å². The average Bonchev–Trinajstić information content (AvgIpc) is 2.65. The molecule has 3 amide bonds. The number of hydrogen-bond acceptors (Lipinski definition) is 6. The van der Waals surface area contributed by atoms with Gasteiger partial charge < -0.3 is 10.1 Å². The maximum Gasteiger partial charge on any atom is 0.305 e. The van der Waals surface area contributed by atoms with Crippen LogP contribution in [0, 0.1) is 10.1 Å². The highest BCUT2D eigenvalue weighted by Crippen LogP contribution is 2.39. The Morgan fingerprint density at radius 2 is 1.86 bits per heavy atom. The van der Waals surface area contributed by atoms with Gasteiger partial charge in [-0.1, -0.05) is 18.2 Å². The predicted octanol–water partition coefficient (Wildman–Crippen LogP) is 2.40. The second-order valence-electron chi connectivity index (χ2n) is 6.70. The van der Waals surface area contributed by atoms with Crippen LogP contribution in [0.4, 0.5) is 11.4 Å². The van der Waals surface area contributed by atoms with Crippen molar-refractivity contribution in [3.05, 3.63) is 63.2 Å². The van der Waals surface area contributed by atoms with Crippen molar-refractivity contribution in [2.45, 2.75) is 19.3 Å². The van der Waals surface area contributed by atoms with Crippen LogP contribution in [0.3, 0.4) is 0 Å². The second kappa shape index (κ2) is 6.76. The fraction of sp³-hybridized carbons (Fsp3) is 0.211. The Labute approximate surface area is 159 Å². The van der Waals surface area contributed by atoms with Crippen molar-refractivity contribution < 1.29 is 24.0 Å². The molecule has 0 fully saturated rings. The molecule has 0 aliphatic carbocycles. The summed E-state index contributed by atoms with van der Waals surface area (Å²) >= 11 is 0. The Morgan fingerprint density at radius 3 is 2.50 bits per heavy atom. The summed E-state index contributed by atoms with van der Waals surface area (Å²) in [6.45, 7) is 3.12. The summed E-state index contributed by atoms with van der Waals surface area (Å²) in [5.74, 6) is -1.76. The number of anilines is 1. The number of methoxy groups -OCH3 is 1. The molecule has 2 aromatic rings. The number of imide groups is 1. The van der Waals surface area contributed by atoms with E-state index in [4.69, 9.17) is 4.74 Å².